The minimum absolute atomic E-state index is 0. The van der Waals surface area contributed by atoms with Crippen LogP contribution in [0.5, 0.6) is 5.75 Å². The van der Waals surface area contributed by atoms with E-state index in [1.165, 1.54) is 0 Å². The van der Waals surface area contributed by atoms with Crippen LogP contribution in [0, 0.1) is 5.92 Å². The molecule has 5 heteroatoms. The van der Waals surface area contributed by atoms with Crippen molar-refractivity contribution in [2.75, 3.05) is 13.2 Å². The molecule has 4 nitrogen and oxygen atoms in total. The van der Waals surface area contributed by atoms with Crippen molar-refractivity contribution in [3.63, 3.8) is 0 Å². The molecule has 0 bridgehead atoms. The summed E-state index contributed by atoms with van der Waals surface area (Å²) < 4.78 is 5.48. The van der Waals surface area contributed by atoms with Gasteiger partial charge >= 0.3 is 0 Å². The summed E-state index contributed by atoms with van der Waals surface area (Å²) in [4.78, 5) is 11.7. The van der Waals surface area contributed by atoms with E-state index in [0.717, 1.165) is 11.3 Å². The van der Waals surface area contributed by atoms with Gasteiger partial charge in [-0.1, -0.05) is 25.1 Å². The van der Waals surface area contributed by atoms with Crippen LogP contribution in [-0.4, -0.2) is 19.1 Å². The molecule has 94 valence electrons. The number of nitrogens with one attached hydrogen (secondary N) is 1. The Morgan fingerprint density at radius 2 is 2.29 bits per heavy atom. The first kappa shape index (κ1) is 13.8. The maximum Gasteiger partial charge on any atom is 0.224 e. The van der Waals surface area contributed by atoms with E-state index in [1.807, 2.05) is 31.2 Å². The van der Waals surface area contributed by atoms with Crippen LogP contribution in [0.4, 0.5) is 0 Å². The number of rotatable bonds is 3. The number of nitrogens with two attached hydrogens (primary N) is 1. The Morgan fingerprint density at radius 3 is 3.00 bits per heavy atom. The van der Waals surface area contributed by atoms with E-state index in [-0.39, 0.29) is 30.3 Å². The predicted octanol–water partition coefficient (Wildman–Crippen LogP) is 1.25. The largest absolute Gasteiger partial charge is 0.491 e. The molecule has 0 fully saturated rings. The van der Waals surface area contributed by atoms with E-state index in [0.29, 0.717) is 13.2 Å². The molecule has 0 aliphatic carbocycles. The Labute approximate surface area is 107 Å². The molecular weight excluding hydrogens is 240 g/mol. The average molecular weight is 257 g/mol. The Morgan fingerprint density at radius 1 is 1.59 bits per heavy atom. The van der Waals surface area contributed by atoms with Gasteiger partial charge in [-0.3, -0.25) is 4.79 Å². The summed E-state index contributed by atoms with van der Waals surface area (Å²) in [5.41, 5.74) is 6.49. The second-order valence-electron chi connectivity index (χ2n) is 4.05. The van der Waals surface area contributed by atoms with Crippen molar-refractivity contribution in [1.82, 2.24) is 5.32 Å². The minimum atomic E-state index is -0.159. The minimum Gasteiger partial charge on any atom is -0.491 e. The van der Waals surface area contributed by atoms with Gasteiger partial charge in [0.1, 0.15) is 12.4 Å². The third-order valence-corrected chi connectivity index (χ3v) is 2.82. The lowest BCUT2D eigenvalue weighted by Crippen LogP contribution is -2.36. The first-order valence-electron chi connectivity index (χ1n) is 5.44. The van der Waals surface area contributed by atoms with Crippen molar-refractivity contribution in [1.29, 1.82) is 0 Å². The molecule has 0 saturated carbocycles. The van der Waals surface area contributed by atoms with E-state index in [4.69, 9.17) is 10.5 Å². The van der Waals surface area contributed by atoms with Gasteiger partial charge in [0, 0.05) is 18.0 Å². The molecule has 2 atom stereocenters. The van der Waals surface area contributed by atoms with Crippen LogP contribution in [0.15, 0.2) is 24.3 Å². The summed E-state index contributed by atoms with van der Waals surface area (Å²) in [7, 11) is 0. The van der Waals surface area contributed by atoms with Gasteiger partial charge in [0.15, 0.2) is 0 Å². The van der Waals surface area contributed by atoms with E-state index < -0.39 is 0 Å². The monoisotopic (exact) mass is 256 g/mol. The highest BCUT2D eigenvalue weighted by molar-refractivity contribution is 5.85. The lowest BCUT2D eigenvalue weighted by molar-refractivity contribution is -0.125. The van der Waals surface area contributed by atoms with E-state index in [2.05, 4.69) is 5.32 Å². The molecule has 0 aromatic heterocycles. The van der Waals surface area contributed by atoms with Crippen molar-refractivity contribution in [2.24, 2.45) is 11.7 Å². The second kappa shape index (κ2) is 5.89. The maximum atomic E-state index is 11.7. The van der Waals surface area contributed by atoms with Crippen molar-refractivity contribution < 1.29 is 9.53 Å². The molecule has 2 unspecified atom stereocenters. The zero-order valence-corrected chi connectivity index (χ0v) is 10.5. The van der Waals surface area contributed by atoms with Crippen molar-refractivity contribution in [3.05, 3.63) is 29.8 Å². The van der Waals surface area contributed by atoms with Gasteiger partial charge < -0.3 is 15.8 Å². The van der Waals surface area contributed by atoms with Gasteiger partial charge in [-0.05, 0) is 6.07 Å². The molecule has 1 heterocycles. The molecular formula is C12H17ClN2O2. The van der Waals surface area contributed by atoms with Crippen LogP contribution < -0.4 is 15.8 Å². The van der Waals surface area contributed by atoms with Crippen LogP contribution in [0.1, 0.15) is 18.5 Å². The topological polar surface area (TPSA) is 64.4 Å². The fraction of sp³-hybridized carbons (Fsp3) is 0.417. The first-order valence-corrected chi connectivity index (χ1v) is 5.44. The molecule has 2 rings (SSSR count). The number of hydrogen-bond donors (Lipinski definition) is 2. The van der Waals surface area contributed by atoms with Crippen molar-refractivity contribution in [3.8, 4) is 5.75 Å². The van der Waals surface area contributed by atoms with Crippen LogP contribution in [0.3, 0.4) is 0 Å². The first-order chi connectivity index (χ1) is 7.72. The molecule has 0 saturated heterocycles. The fourth-order valence-electron chi connectivity index (χ4n) is 1.70. The Kier molecular flexibility index (Phi) is 4.78. The average Bonchev–Trinajstić information content (AvgIpc) is 2.72. The Hall–Kier alpha value is -1.26. The van der Waals surface area contributed by atoms with E-state index in [1.54, 1.807) is 0 Å². The number of halogens is 1. The number of benzene rings is 1. The zero-order valence-electron chi connectivity index (χ0n) is 9.68. The number of ether oxygens (including phenoxy) is 1. The van der Waals surface area contributed by atoms with Crippen molar-refractivity contribution in [2.45, 2.75) is 13.0 Å². The van der Waals surface area contributed by atoms with Gasteiger partial charge in [0.05, 0.1) is 6.04 Å². The summed E-state index contributed by atoms with van der Waals surface area (Å²) in [5.74, 6) is 0.675. The lowest BCUT2D eigenvalue weighted by Gasteiger charge is -2.14. The third-order valence-electron chi connectivity index (χ3n) is 2.82. The van der Waals surface area contributed by atoms with E-state index in [9.17, 15) is 4.79 Å². The molecule has 1 aliphatic rings. The summed E-state index contributed by atoms with van der Waals surface area (Å²) in [5, 5.41) is 2.94. The summed E-state index contributed by atoms with van der Waals surface area (Å²) in [6, 6.07) is 7.71. The van der Waals surface area contributed by atoms with Gasteiger partial charge in [-0.2, -0.15) is 0 Å². The van der Waals surface area contributed by atoms with Gasteiger partial charge in [-0.25, -0.2) is 0 Å². The van der Waals surface area contributed by atoms with Crippen LogP contribution in [0.25, 0.3) is 0 Å². The highest BCUT2D eigenvalue weighted by Crippen LogP contribution is 2.31. The maximum absolute atomic E-state index is 11.7. The molecule has 1 aliphatic heterocycles. The van der Waals surface area contributed by atoms with Crippen molar-refractivity contribution >= 4 is 18.3 Å². The van der Waals surface area contributed by atoms with Crippen LogP contribution >= 0.6 is 12.4 Å². The highest BCUT2D eigenvalue weighted by Gasteiger charge is 2.26. The summed E-state index contributed by atoms with van der Waals surface area (Å²) in [6.45, 7) is 2.68. The number of carbonyl (C=O) groups is 1. The molecule has 0 radical (unpaired) electrons. The quantitative estimate of drug-likeness (QED) is 0.856. The summed E-state index contributed by atoms with van der Waals surface area (Å²) >= 11 is 0. The standard InChI is InChI=1S/C12H16N2O2.ClH/c1-8(6-13)12(15)14-10-7-16-11-5-3-2-4-9(10)11;/h2-5,8,10H,6-7,13H2,1H3,(H,14,15);1H. The Bertz CT molecular complexity index is 398. The number of para-hydroxylation sites is 1. The summed E-state index contributed by atoms with van der Waals surface area (Å²) in [6.07, 6.45) is 0. The molecule has 1 aromatic carbocycles. The van der Waals surface area contributed by atoms with Gasteiger partial charge in [0.2, 0.25) is 5.91 Å². The van der Waals surface area contributed by atoms with Crippen LogP contribution in [-0.2, 0) is 4.79 Å². The Balaban J connectivity index is 0.00000144. The SMILES string of the molecule is CC(CN)C(=O)NC1COc2ccccc21.Cl. The highest BCUT2D eigenvalue weighted by atomic mass is 35.5. The molecule has 0 spiro atoms. The van der Waals surface area contributed by atoms with Crippen LogP contribution in [0.2, 0.25) is 0 Å². The smallest absolute Gasteiger partial charge is 0.224 e. The van der Waals surface area contributed by atoms with Gasteiger partial charge in [-0.15, -0.1) is 12.4 Å². The molecule has 17 heavy (non-hydrogen) atoms. The number of hydrogen-bond acceptors (Lipinski definition) is 3. The number of carbonyl (C=O) groups excluding carboxylic acids is 1. The fourth-order valence-corrected chi connectivity index (χ4v) is 1.70. The third kappa shape index (κ3) is 2.90. The van der Waals surface area contributed by atoms with E-state index >= 15 is 0 Å². The zero-order chi connectivity index (χ0) is 11.5. The normalized spacial score (nSPS) is 18.6. The van der Waals surface area contributed by atoms with Gasteiger partial charge in [0.25, 0.3) is 0 Å². The molecule has 3 N–H and O–H groups in total. The lowest BCUT2D eigenvalue weighted by atomic mass is 10.1. The second-order valence-corrected chi connectivity index (χ2v) is 4.05. The predicted molar refractivity (Wildman–Crippen MR) is 68.3 cm³/mol. The number of amides is 1. The molecule has 1 aromatic rings. The number of fused-ring (bicyclic) bond motifs is 1. The molecule has 1 amide bonds.